The average Bonchev–Trinajstić information content (AvgIpc) is 2.36. The van der Waals surface area contributed by atoms with Gasteiger partial charge in [0.2, 0.25) is 0 Å². The zero-order valence-electron chi connectivity index (χ0n) is 10.5. The van der Waals surface area contributed by atoms with Crippen molar-refractivity contribution in [3.63, 3.8) is 0 Å². The van der Waals surface area contributed by atoms with Crippen molar-refractivity contribution in [3.8, 4) is 0 Å². The molecule has 0 aliphatic carbocycles. The number of nitrogens with two attached hydrogens (primary N) is 1. The number of halogens is 2. The molecule has 0 spiro atoms. The van der Waals surface area contributed by atoms with Gasteiger partial charge >= 0.3 is 0 Å². The van der Waals surface area contributed by atoms with Gasteiger partial charge < -0.3 is 5.73 Å². The predicted octanol–water partition coefficient (Wildman–Crippen LogP) is 3.90. The highest BCUT2D eigenvalue weighted by Crippen LogP contribution is 2.27. The third kappa shape index (κ3) is 3.34. The van der Waals surface area contributed by atoms with E-state index < -0.39 is 10.0 Å². The summed E-state index contributed by atoms with van der Waals surface area (Å²) in [6, 6.07) is 9.89. The molecule has 0 saturated carbocycles. The van der Waals surface area contributed by atoms with E-state index in [0.29, 0.717) is 15.8 Å². The lowest BCUT2D eigenvalue weighted by Crippen LogP contribution is -2.14. The number of sulfonamides is 1. The second-order valence-electron chi connectivity index (χ2n) is 4.26. The number of hydrogen-bond acceptors (Lipinski definition) is 3. The summed E-state index contributed by atoms with van der Waals surface area (Å²) in [5.41, 5.74) is 7.47. The smallest absolute Gasteiger partial charge is 0.263 e. The van der Waals surface area contributed by atoms with Crippen molar-refractivity contribution in [2.75, 3.05) is 10.5 Å². The Balaban J connectivity index is 2.40. The van der Waals surface area contributed by atoms with Gasteiger partial charge in [-0.15, -0.1) is 0 Å². The lowest BCUT2D eigenvalue weighted by atomic mass is 10.2. The molecule has 20 heavy (non-hydrogen) atoms. The Morgan fingerprint density at radius 2 is 1.70 bits per heavy atom. The standard InChI is InChI=1S/C13H12Br2N2O2S/c1-8-6-10(3-5-11(8)14)17-20(18,19)13-7-9(16)2-4-12(13)15/h2-7,17H,16H2,1H3. The molecule has 106 valence electrons. The molecule has 0 aromatic heterocycles. The maximum absolute atomic E-state index is 12.4. The first-order valence-electron chi connectivity index (χ1n) is 5.63. The molecule has 7 heteroatoms. The zero-order valence-corrected chi connectivity index (χ0v) is 14.5. The van der Waals surface area contributed by atoms with Crippen LogP contribution in [0.5, 0.6) is 0 Å². The molecule has 4 nitrogen and oxygen atoms in total. The molecule has 0 unspecified atom stereocenters. The summed E-state index contributed by atoms with van der Waals surface area (Å²) >= 11 is 6.60. The monoisotopic (exact) mass is 418 g/mol. The van der Waals surface area contributed by atoms with E-state index in [4.69, 9.17) is 5.73 Å². The van der Waals surface area contributed by atoms with Crippen LogP contribution < -0.4 is 10.5 Å². The highest BCUT2D eigenvalue weighted by Gasteiger charge is 2.18. The first-order valence-corrected chi connectivity index (χ1v) is 8.70. The van der Waals surface area contributed by atoms with Gasteiger partial charge in [0.15, 0.2) is 0 Å². The Morgan fingerprint density at radius 3 is 2.35 bits per heavy atom. The number of benzene rings is 2. The summed E-state index contributed by atoms with van der Waals surface area (Å²) < 4.78 is 28.6. The molecule has 0 saturated heterocycles. The fourth-order valence-electron chi connectivity index (χ4n) is 1.64. The number of nitrogens with one attached hydrogen (secondary N) is 1. The minimum Gasteiger partial charge on any atom is -0.399 e. The third-order valence-corrected chi connectivity index (χ3v) is 5.92. The van der Waals surface area contributed by atoms with E-state index in [1.165, 1.54) is 6.07 Å². The molecule has 0 amide bonds. The zero-order chi connectivity index (χ0) is 14.9. The van der Waals surface area contributed by atoms with Gasteiger partial charge in [0, 0.05) is 20.3 Å². The lowest BCUT2D eigenvalue weighted by Gasteiger charge is -2.11. The molecule has 0 aliphatic rings. The van der Waals surface area contributed by atoms with Crippen LogP contribution in [0, 0.1) is 6.92 Å². The number of aryl methyl sites for hydroxylation is 1. The molecule has 0 bridgehead atoms. The quantitative estimate of drug-likeness (QED) is 0.741. The van der Waals surface area contributed by atoms with Crippen LogP contribution in [0.25, 0.3) is 0 Å². The van der Waals surface area contributed by atoms with Gasteiger partial charge in [0.1, 0.15) is 4.90 Å². The number of rotatable bonds is 3. The molecular formula is C13H12Br2N2O2S. The van der Waals surface area contributed by atoms with E-state index >= 15 is 0 Å². The minimum atomic E-state index is -3.69. The topological polar surface area (TPSA) is 72.2 Å². The first-order chi connectivity index (χ1) is 9.29. The molecular weight excluding hydrogens is 408 g/mol. The second-order valence-corrected chi connectivity index (χ2v) is 7.62. The van der Waals surface area contributed by atoms with Gasteiger partial charge in [0.05, 0.1) is 0 Å². The lowest BCUT2D eigenvalue weighted by molar-refractivity contribution is 0.601. The van der Waals surface area contributed by atoms with Crippen LogP contribution in [-0.4, -0.2) is 8.42 Å². The van der Waals surface area contributed by atoms with Crippen molar-refractivity contribution in [3.05, 3.63) is 50.9 Å². The number of hydrogen-bond donors (Lipinski definition) is 2. The number of anilines is 2. The third-order valence-electron chi connectivity index (χ3n) is 2.65. The van der Waals surface area contributed by atoms with Crippen LogP contribution >= 0.6 is 31.9 Å². The van der Waals surface area contributed by atoms with Gasteiger partial charge in [-0.1, -0.05) is 15.9 Å². The van der Waals surface area contributed by atoms with E-state index in [9.17, 15) is 8.42 Å². The van der Waals surface area contributed by atoms with Crippen molar-refractivity contribution < 1.29 is 8.42 Å². The molecule has 0 fully saturated rings. The summed E-state index contributed by atoms with van der Waals surface area (Å²) in [5.74, 6) is 0. The van der Waals surface area contributed by atoms with Crippen LogP contribution in [0.15, 0.2) is 50.2 Å². The first kappa shape index (κ1) is 15.3. The Kier molecular flexibility index (Phi) is 4.41. The van der Waals surface area contributed by atoms with Gasteiger partial charge in [-0.3, -0.25) is 4.72 Å². The fraction of sp³-hybridized carbons (Fsp3) is 0.0769. The highest BCUT2D eigenvalue weighted by molar-refractivity contribution is 9.10. The summed E-state index contributed by atoms with van der Waals surface area (Å²) in [6.45, 7) is 1.89. The van der Waals surface area contributed by atoms with Gasteiger partial charge in [-0.05, 0) is 64.8 Å². The number of nitrogen functional groups attached to an aromatic ring is 1. The van der Waals surface area contributed by atoms with E-state index in [1.807, 2.05) is 6.92 Å². The van der Waals surface area contributed by atoms with Crippen molar-refractivity contribution in [1.82, 2.24) is 0 Å². The maximum Gasteiger partial charge on any atom is 0.263 e. The Bertz CT molecular complexity index is 761. The SMILES string of the molecule is Cc1cc(NS(=O)(=O)c2cc(N)ccc2Br)ccc1Br. The summed E-state index contributed by atoms with van der Waals surface area (Å²) in [5, 5.41) is 0. The largest absolute Gasteiger partial charge is 0.399 e. The Morgan fingerprint density at radius 1 is 1.05 bits per heavy atom. The molecule has 2 rings (SSSR count). The molecule has 0 aliphatic heterocycles. The van der Waals surface area contributed by atoms with Crippen LogP contribution in [0.3, 0.4) is 0 Å². The Hall–Kier alpha value is -1.05. The summed E-state index contributed by atoms with van der Waals surface area (Å²) in [4.78, 5) is 0.109. The normalized spacial score (nSPS) is 11.3. The molecule has 0 heterocycles. The molecule has 2 aromatic carbocycles. The van der Waals surface area contributed by atoms with E-state index in [2.05, 4.69) is 36.6 Å². The van der Waals surface area contributed by atoms with Crippen molar-refractivity contribution in [1.29, 1.82) is 0 Å². The van der Waals surface area contributed by atoms with Crippen molar-refractivity contribution >= 4 is 53.3 Å². The molecule has 0 radical (unpaired) electrons. The van der Waals surface area contributed by atoms with E-state index in [0.717, 1.165) is 10.0 Å². The average molecular weight is 420 g/mol. The van der Waals surface area contributed by atoms with Gasteiger partial charge in [-0.2, -0.15) is 0 Å². The molecule has 2 aromatic rings. The van der Waals surface area contributed by atoms with Crippen LogP contribution in [0.1, 0.15) is 5.56 Å². The van der Waals surface area contributed by atoms with Gasteiger partial charge in [0.25, 0.3) is 10.0 Å². The fourth-order valence-corrected chi connectivity index (χ4v) is 3.94. The van der Waals surface area contributed by atoms with E-state index in [-0.39, 0.29) is 4.90 Å². The van der Waals surface area contributed by atoms with Gasteiger partial charge in [-0.25, -0.2) is 8.42 Å². The van der Waals surface area contributed by atoms with Crippen LogP contribution in [0.4, 0.5) is 11.4 Å². The minimum absolute atomic E-state index is 0.109. The Labute approximate surface area is 134 Å². The van der Waals surface area contributed by atoms with Crippen LogP contribution in [0.2, 0.25) is 0 Å². The highest BCUT2D eigenvalue weighted by atomic mass is 79.9. The predicted molar refractivity (Wildman–Crippen MR) is 88.2 cm³/mol. The summed E-state index contributed by atoms with van der Waals surface area (Å²) in [7, 11) is -3.69. The van der Waals surface area contributed by atoms with Crippen LogP contribution in [-0.2, 0) is 10.0 Å². The maximum atomic E-state index is 12.4. The van der Waals surface area contributed by atoms with Crippen molar-refractivity contribution in [2.45, 2.75) is 11.8 Å². The van der Waals surface area contributed by atoms with E-state index in [1.54, 1.807) is 30.3 Å². The second kappa shape index (κ2) is 5.75. The molecule has 3 N–H and O–H groups in total. The molecule has 0 atom stereocenters. The van der Waals surface area contributed by atoms with Crippen molar-refractivity contribution in [2.24, 2.45) is 0 Å². The summed E-state index contributed by atoms with van der Waals surface area (Å²) in [6.07, 6.45) is 0.